The molecule has 4 rings (SSSR count). The first-order valence-corrected chi connectivity index (χ1v) is 10.9. The van der Waals surface area contributed by atoms with Gasteiger partial charge in [-0.25, -0.2) is 0 Å². The van der Waals surface area contributed by atoms with E-state index in [2.05, 4.69) is 16.9 Å². The van der Waals surface area contributed by atoms with Crippen molar-refractivity contribution in [3.05, 3.63) is 95.6 Å². The highest BCUT2D eigenvalue weighted by Gasteiger charge is 2.46. The van der Waals surface area contributed by atoms with Crippen molar-refractivity contribution in [2.24, 2.45) is 0 Å². The molecule has 168 valence electrons. The molecule has 1 aliphatic rings. The molecule has 1 atom stereocenters. The van der Waals surface area contributed by atoms with Crippen molar-refractivity contribution < 1.29 is 19.4 Å². The molecule has 1 N–H and O–H groups in total. The van der Waals surface area contributed by atoms with E-state index in [0.29, 0.717) is 23.5 Å². The second-order valence-corrected chi connectivity index (χ2v) is 7.80. The number of unbranched alkanes of at least 4 members (excludes halogenated alkanes) is 1. The van der Waals surface area contributed by atoms with Crippen LogP contribution in [0.2, 0.25) is 0 Å². The van der Waals surface area contributed by atoms with Crippen molar-refractivity contribution in [3.63, 3.8) is 0 Å². The molecule has 2 aromatic heterocycles. The van der Waals surface area contributed by atoms with Crippen LogP contribution in [0.3, 0.4) is 0 Å². The molecule has 0 bridgehead atoms. The summed E-state index contributed by atoms with van der Waals surface area (Å²) in [6, 6.07) is 13.4. The fourth-order valence-corrected chi connectivity index (χ4v) is 3.82. The van der Waals surface area contributed by atoms with Crippen LogP contribution in [0.1, 0.15) is 42.5 Å². The molecule has 3 aromatic rings. The van der Waals surface area contributed by atoms with Crippen LogP contribution >= 0.6 is 0 Å². The van der Waals surface area contributed by atoms with E-state index in [0.717, 1.165) is 18.4 Å². The largest absolute Gasteiger partial charge is 0.507 e. The lowest BCUT2D eigenvalue weighted by molar-refractivity contribution is -0.140. The molecule has 0 saturated carbocycles. The van der Waals surface area contributed by atoms with Gasteiger partial charge in [-0.05, 0) is 47.9 Å². The third kappa shape index (κ3) is 4.77. The second-order valence-electron chi connectivity index (χ2n) is 7.80. The van der Waals surface area contributed by atoms with Crippen LogP contribution in [0.4, 0.5) is 0 Å². The summed E-state index contributed by atoms with van der Waals surface area (Å²) in [5.74, 6) is -0.896. The molecule has 7 nitrogen and oxygen atoms in total. The second kappa shape index (κ2) is 10.1. The van der Waals surface area contributed by atoms with Gasteiger partial charge >= 0.3 is 0 Å². The van der Waals surface area contributed by atoms with Gasteiger partial charge in [0.1, 0.15) is 11.5 Å². The molecule has 1 aromatic carbocycles. The van der Waals surface area contributed by atoms with E-state index in [4.69, 9.17) is 4.74 Å². The molecule has 0 spiro atoms. The summed E-state index contributed by atoms with van der Waals surface area (Å²) in [4.78, 5) is 35.7. The summed E-state index contributed by atoms with van der Waals surface area (Å²) in [5.41, 5.74) is 1.97. The third-order valence-electron chi connectivity index (χ3n) is 5.53. The maximum Gasteiger partial charge on any atom is 0.295 e. The van der Waals surface area contributed by atoms with Crippen molar-refractivity contribution >= 4 is 17.4 Å². The van der Waals surface area contributed by atoms with E-state index >= 15 is 0 Å². The summed E-state index contributed by atoms with van der Waals surface area (Å²) < 4.78 is 5.75. The minimum Gasteiger partial charge on any atom is -0.507 e. The topological polar surface area (TPSA) is 92.6 Å². The van der Waals surface area contributed by atoms with Crippen LogP contribution < -0.4 is 4.74 Å². The number of nitrogens with zero attached hydrogens (tertiary/aromatic N) is 3. The molecule has 0 radical (unpaired) electrons. The summed E-state index contributed by atoms with van der Waals surface area (Å²) in [7, 11) is 0. The van der Waals surface area contributed by atoms with Crippen LogP contribution in [0, 0.1) is 0 Å². The average Bonchev–Trinajstić information content (AvgIpc) is 3.10. The number of likely N-dealkylation sites (tertiary alicyclic amines) is 1. The number of ether oxygens (including phenoxy) is 1. The van der Waals surface area contributed by atoms with Crippen LogP contribution in [0.15, 0.2) is 78.9 Å². The Kier molecular flexibility index (Phi) is 6.78. The summed E-state index contributed by atoms with van der Waals surface area (Å²) in [6.07, 6.45) is 8.35. The third-order valence-corrected chi connectivity index (χ3v) is 5.53. The molecule has 1 aliphatic heterocycles. The van der Waals surface area contributed by atoms with Crippen LogP contribution in [0.25, 0.3) is 5.76 Å². The van der Waals surface area contributed by atoms with Gasteiger partial charge in [-0.1, -0.05) is 31.5 Å². The lowest BCUT2D eigenvalue weighted by atomic mass is 9.95. The van der Waals surface area contributed by atoms with Crippen molar-refractivity contribution in [1.29, 1.82) is 0 Å². The fourth-order valence-electron chi connectivity index (χ4n) is 3.82. The number of pyridine rings is 2. The minimum absolute atomic E-state index is 0.0507. The van der Waals surface area contributed by atoms with Crippen molar-refractivity contribution in [2.45, 2.75) is 32.4 Å². The molecule has 0 aliphatic carbocycles. The normalized spacial score (nSPS) is 17.4. The van der Waals surface area contributed by atoms with Crippen LogP contribution in [-0.2, 0) is 16.1 Å². The SMILES string of the molecule is CCCCOc1ccc(C2C(=C(O)c3ccncc3)C(=O)C(=O)N2Cc2cccnc2)cc1. The average molecular weight is 444 g/mol. The van der Waals surface area contributed by atoms with E-state index in [1.54, 1.807) is 30.6 Å². The van der Waals surface area contributed by atoms with Gasteiger partial charge < -0.3 is 14.7 Å². The molecular weight excluding hydrogens is 418 g/mol. The number of aliphatic hydroxyl groups is 1. The van der Waals surface area contributed by atoms with Gasteiger partial charge in [0.15, 0.2) is 0 Å². The van der Waals surface area contributed by atoms with Gasteiger partial charge in [0.25, 0.3) is 11.7 Å². The van der Waals surface area contributed by atoms with E-state index < -0.39 is 17.7 Å². The number of rotatable bonds is 8. The predicted molar refractivity (Wildman–Crippen MR) is 123 cm³/mol. The molecular formula is C26H25N3O4. The number of Topliss-reactive ketones (excluding diaryl/α,β-unsaturated/α-hetero) is 1. The van der Waals surface area contributed by atoms with Gasteiger partial charge in [-0.2, -0.15) is 0 Å². The zero-order chi connectivity index (χ0) is 23.2. The lowest BCUT2D eigenvalue weighted by Crippen LogP contribution is -2.29. The first kappa shape index (κ1) is 22.2. The Hall–Kier alpha value is -4.00. The fraction of sp³-hybridized carbons (Fsp3) is 0.231. The van der Waals surface area contributed by atoms with Crippen LogP contribution in [0.5, 0.6) is 5.75 Å². The number of benzene rings is 1. The number of amides is 1. The molecule has 7 heteroatoms. The number of ketones is 1. The molecule has 1 amide bonds. The molecule has 1 unspecified atom stereocenters. The van der Waals surface area contributed by atoms with Crippen molar-refractivity contribution in [1.82, 2.24) is 14.9 Å². The van der Waals surface area contributed by atoms with Gasteiger partial charge in [0, 0.05) is 36.9 Å². The van der Waals surface area contributed by atoms with Gasteiger partial charge in [0.05, 0.1) is 18.2 Å². The highest BCUT2D eigenvalue weighted by Crippen LogP contribution is 2.40. The highest BCUT2D eigenvalue weighted by molar-refractivity contribution is 6.46. The Balaban J connectivity index is 1.75. The Morgan fingerprint density at radius 1 is 1.03 bits per heavy atom. The van der Waals surface area contributed by atoms with Crippen molar-refractivity contribution in [3.8, 4) is 5.75 Å². The highest BCUT2D eigenvalue weighted by atomic mass is 16.5. The number of aromatic nitrogens is 2. The standard InChI is InChI=1S/C26H25N3O4/c1-2-3-15-33-21-8-6-19(7-9-21)23-22(24(30)20-10-13-27-14-11-20)25(31)26(32)29(23)17-18-5-4-12-28-16-18/h4-14,16,23,30H,2-3,15,17H2,1H3. The maximum absolute atomic E-state index is 13.1. The monoisotopic (exact) mass is 443 g/mol. The minimum atomic E-state index is -0.747. The smallest absolute Gasteiger partial charge is 0.295 e. The predicted octanol–water partition coefficient (Wildman–Crippen LogP) is 4.28. The van der Waals surface area contributed by atoms with Crippen molar-refractivity contribution in [2.75, 3.05) is 6.61 Å². The summed E-state index contributed by atoms with van der Waals surface area (Å²) in [5, 5.41) is 11.0. The Morgan fingerprint density at radius 2 is 1.79 bits per heavy atom. The van der Waals surface area contributed by atoms with E-state index in [-0.39, 0.29) is 17.9 Å². The first-order valence-electron chi connectivity index (χ1n) is 10.9. The van der Waals surface area contributed by atoms with Gasteiger partial charge in [-0.3, -0.25) is 19.6 Å². The van der Waals surface area contributed by atoms with E-state index in [9.17, 15) is 14.7 Å². The maximum atomic E-state index is 13.1. The Labute approximate surface area is 192 Å². The number of carbonyl (C=O) groups excluding carboxylic acids is 2. The number of hydrogen-bond acceptors (Lipinski definition) is 6. The quantitative estimate of drug-likeness (QED) is 0.242. The molecule has 1 saturated heterocycles. The number of carbonyl (C=O) groups is 2. The Morgan fingerprint density at radius 3 is 2.45 bits per heavy atom. The molecule has 1 fully saturated rings. The lowest BCUT2D eigenvalue weighted by Gasteiger charge is -2.25. The van der Waals surface area contributed by atoms with Crippen LogP contribution in [-0.4, -0.2) is 38.3 Å². The van der Waals surface area contributed by atoms with Gasteiger partial charge in [0.2, 0.25) is 0 Å². The van der Waals surface area contributed by atoms with E-state index in [1.807, 2.05) is 30.3 Å². The zero-order valence-electron chi connectivity index (χ0n) is 18.3. The first-order chi connectivity index (χ1) is 16.1. The molecule has 33 heavy (non-hydrogen) atoms. The zero-order valence-corrected chi connectivity index (χ0v) is 18.3. The number of hydrogen-bond donors (Lipinski definition) is 1. The summed E-state index contributed by atoms with van der Waals surface area (Å²) >= 11 is 0. The Bertz CT molecular complexity index is 1150. The van der Waals surface area contributed by atoms with Gasteiger partial charge in [-0.15, -0.1) is 0 Å². The molecule has 3 heterocycles. The van der Waals surface area contributed by atoms with E-state index in [1.165, 1.54) is 17.3 Å². The number of aliphatic hydroxyl groups excluding tert-OH is 1. The summed E-state index contributed by atoms with van der Waals surface area (Å²) in [6.45, 7) is 2.91.